The number of aryl methyl sites for hydroxylation is 1. The van der Waals surface area contributed by atoms with Gasteiger partial charge in [-0.2, -0.15) is 0 Å². The number of phenols is 1. The third-order valence-electron chi connectivity index (χ3n) is 5.43. The van der Waals surface area contributed by atoms with Crippen molar-refractivity contribution in [2.45, 2.75) is 42.9 Å². The predicted molar refractivity (Wildman–Crippen MR) is 101 cm³/mol. The van der Waals surface area contributed by atoms with E-state index in [1.165, 1.54) is 0 Å². The van der Waals surface area contributed by atoms with Crippen LogP contribution in [0.15, 0.2) is 41.3 Å². The quantitative estimate of drug-likeness (QED) is 0.696. The van der Waals surface area contributed by atoms with Crippen molar-refractivity contribution in [1.29, 1.82) is 0 Å². The first-order valence-electron chi connectivity index (χ1n) is 9.04. The van der Waals surface area contributed by atoms with Gasteiger partial charge in [0.05, 0.1) is 17.0 Å². The molecule has 1 heterocycles. The van der Waals surface area contributed by atoms with Gasteiger partial charge in [0, 0.05) is 24.2 Å². The van der Waals surface area contributed by atoms with Crippen molar-refractivity contribution in [3.8, 4) is 11.5 Å². The number of ether oxygens (including phenoxy) is 1. The zero-order chi connectivity index (χ0) is 19.1. The molecule has 0 bridgehead atoms. The summed E-state index contributed by atoms with van der Waals surface area (Å²) in [6, 6.07) is 10.4. The van der Waals surface area contributed by atoms with Crippen molar-refractivity contribution < 1.29 is 23.7 Å². The first-order chi connectivity index (χ1) is 12.9. The Bertz CT molecular complexity index is 869. The van der Waals surface area contributed by atoms with E-state index >= 15 is 0 Å². The summed E-state index contributed by atoms with van der Waals surface area (Å²) in [5.74, 6) is 0.889. The fourth-order valence-corrected chi connectivity index (χ4v) is 4.51. The zero-order valence-corrected chi connectivity index (χ0v) is 15.9. The average Bonchev–Trinajstić information content (AvgIpc) is 3.20. The molecule has 4 rings (SSSR count). The molecule has 144 valence electrons. The van der Waals surface area contributed by atoms with Crippen molar-refractivity contribution in [1.82, 2.24) is 4.90 Å². The number of rotatable bonds is 4. The fourth-order valence-electron chi connectivity index (χ4n) is 4.14. The number of aliphatic hydroxyl groups excluding tert-OH is 1. The topological polar surface area (TPSA) is 90.2 Å². The smallest absolute Gasteiger partial charge is 0.186 e. The Hall–Kier alpha value is -1.93. The molecule has 7 heteroatoms. The Morgan fingerprint density at radius 1 is 1.22 bits per heavy atom. The molecular weight excluding hydrogens is 366 g/mol. The molecule has 1 aliphatic heterocycles. The van der Waals surface area contributed by atoms with Crippen LogP contribution in [0.3, 0.4) is 0 Å². The standard InChI is InChI=1S/C20H23NO5S/c1-12-8-17-16(19(23)9-12)10-18(21-7-6-13(22)11-21)20(17)26-14-2-4-15(5-3-14)27(24)25/h2-5,8-9,13,18,20,22-23H,6-7,10-11H2,1H3,(H,24,25)/t13-,18+,20+/m1/s1. The Balaban J connectivity index is 1.66. The highest BCUT2D eigenvalue weighted by Crippen LogP contribution is 2.43. The monoisotopic (exact) mass is 389 g/mol. The molecule has 1 saturated heterocycles. The lowest BCUT2D eigenvalue weighted by atomic mass is 10.0. The van der Waals surface area contributed by atoms with Crippen molar-refractivity contribution in [2.24, 2.45) is 0 Å². The van der Waals surface area contributed by atoms with Crippen LogP contribution in [-0.4, -0.2) is 49.1 Å². The number of aromatic hydroxyl groups is 1. The summed E-state index contributed by atoms with van der Waals surface area (Å²) in [6.07, 6.45) is 0.796. The highest BCUT2D eigenvalue weighted by molar-refractivity contribution is 7.79. The molecule has 2 aromatic rings. The van der Waals surface area contributed by atoms with Crippen molar-refractivity contribution in [2.75, 3.05) is 13.1 Å². The van der Waals surface area contributed by atoms with Gasteiger partial charge in [0.1, 0.15) is 17.6 Å². The van der Waals surface area contributed by atoms with Crippen LogP contribution < -0.4 is 4.74 Å². The molecule has 3 N–H and O–H groups in total. The highest BCUT2D eigenvalue weighted by atomic mass is 32.2. The predicted octanol–water partition coefficient (Wildman–Crippen LogP) is 2.39. The molecule has 0 saturated carbocycles. The van der Waals surface area contributed by atoms with Crippen LogP contribution in [0, 0.1) is 6.92 Å². The van der Waals surface area contributed by atoms with E-state index in [1.807, 2.05) is 13.0 Å². The summed E-state index contributed by atoms with van der Waals surface area (Å²) >= 11 is -2.02. The summed E-state index contributed by atoms with van der Waals surface area (Å²) in [6.45, 7) is 3.33. The van der Waals surface area contributed by atoms with Crippen LogP contribution >= 0.6 is 0 Å². The highest BCUT2D eigenvalue weighted by Gasteiger charge is 2.41. The van der Waals surface area contributed by atoms with E-state index in [-0.39, 0.29) is 24.0 Å². The maximum atomic E-state index is 11.2. The molecule has 0 aromatic heterocycles. The van der Waals surface area contributed by atoms with Crippen LogP contribution in [0.4, 0.5) is 0 Å². The second-order valence-electron chi connectivity index (χ2n) is 7.32. The third-order valence-corrected chi connectivity index (χ3v) is 6.10. The van der Waals surface area contributed by atoms with Crippen LogP contribution in [0.5, 0.6) is 11.5 Å². The SMILES string of the molecule is Cc1cc(O)c2c(c1)[C@H](Oc1ccc(S(=O)O)cc1)[C@@H](N1CC[C@@H](O)C1)C2. The van der Waals surface area contributed by atoms with E-state index in [0.29, 0.717) is 23.6 Å². The van der Waals surface area contributed by atoms with E-state index in [1.54, 1.807) is 30.3 Å². The van der Waals surface area contributed by atoms with Crippen LogP contribution in [0.1, 0.15) is 29.2 Å². The molecule has 1 unspecified atom stereocenters. The number of nitrogens with zero attached hydrogens (tertiary/aromatic N) is 1. The summed E-state index contributed by atoms with van der Waals surface area (Å²) < 4.78 is 26.6. The fraction of sp³-hybridized carbons (Fsp3) is 0.400. The van der Waals surface area contributed by atoms with E-state index in [0.717, 1.165) is 29.7 Å². The molecule has 0 amide bonds. The molecule has 0 radical (unpaired) electrons. The molecule has 2 aromatic carbocycles. The molecular formula is C20H23NO5S. The lowest BCUT2D eigenvalue weighted by Crippen LogP contribution is -2.39. The van der Waals surface area contributed by atoms with Crippen LogP contribution in [0.2, 0.25) is 0 Å². The number of benzene rings is 2. The van der Waals surface area contributed by atoms with Gasteiger partial charge in [-0.05, 0) is 55.7 Å². The minimum atomic E-state index is -2.02. The average molecular weight is 389 g/mol. The summed E-state index contributed by atoms with van der Waals surface area (Å²) in [5, 5.41) is 20.4. The van der Waals surface area contributed by atoms with Gasteiger partial charge in [-0.15, -0.1) is 0 Å². The van der Waals surface area contributed by atoms with Crippen molar-refractivity contribution >= 4 is 11.1 Å². The van der Waals surface area contributed by atoms with Crippen molar-refractivity contribution in [3.05, 3.63) is 53.1 Å². The summed E-state index contributed by atoms with van der Waals surface area (Å²) in [4.78, 5) is 2.54. The van der Waals surface area contributed by atoms with Gasteiger partial charge in [-0.25, -0.2) is 4.21 Å². The number of phenolic OH excluding ortho intramolecular Hbond substituents is 1. The minimum Gasteiger partial charge on any atom is -0.508 e. The summed E-state index contributed by atoms with van der Waals surface area (Å²) in [5.41, 5.74) is 2.83. The Morgan fingerprint density at radius 3 is 2.59 bits per heavy atom. The van der Waals surface area contributed by atoms with E-state index < -0.39 is 11.1 Å². The third kappa shape index (κ3) is 3.60. The van der Waals surface area contributed by atoms with Gasteiger partial charge in [0.25, 0.3) is 0 Å². The number of hydrogen-bond acceptors (Lipinski definition) is 5. The molecule has 6 nitrogen and oxygen atoms in total. The molecule has 0 spiro atoms. The number of hydrogen-bond donors (Lipinski definition) is 3. The summed E-state index contributed by atoms with van der Waals surface area (Å²) in [7, 11) is 0. The molecule has 2 aliphatic rings. The van der Waals surface area contributed by atoms with Gasteiger partial charge in [-0.3, -0.25) is 4.90 Å². The number of likely N-dealkylation sites (tertiary alicyclic amines) is 1. The van der Waals surface area contributed by atoms with E-state index in [4.69, 9.17) is 4.74 Å². The van der Waals surface area contributed by atoms with E-state index in [9.17, 15) is 19.0 Å². The largest absolute Gasteiger partial charge is 0.508 e. The van der Waals surface area contributed by atoms with Gasteiger partial charge in [-0.1, -0.05) is 6.07 Å². The van der Waals surface area contributed by atoms with Crippen LogP contribution in [-0.2, 0) is 17.5 Å². The van der Waals surface area contributed by atoms with Crippen LogP contribution in [0.25, 0.3) is 0 Å². The molecule has 1 aliphatic carbocycles. The molecule has 1 fully saturated rings. The second-order valence-corrected chi connectivity index (χ2v) is 8.29. The maximum Gasteiger partial charge on any atom is 0.186 e. The van der Waals surface area contributed by atoms with Gasteiger partial charge in [0.15, 0.2) is 11.1 Å². The Morgan fingerprint density at radius 2 is 1.96 bits per heavy atom. The van der Waals surface area contributed by atoms with Crippen molar-refractivity contribution in [3.63, 3.8) is 0 Å². The maximum absolute atomic E-state index is 11.2. The number of aliphatic hydroxyl groups is 1. The van der Waals surface area contributed by atoms with Gasteiger partial charge >= 0.3 is 0 Å². The Labute approximate surface area is 160 Å². The number of fused-ring (bicyclic) bond motifs is 1. The zero-order valence-electron chi connectivity index (χ0n) is 15.0. The second kappa shape index (κ2) is 7.24. The number of β-amino-alcohol motifs (C(OH)–C–C–N with tert-alkyl or cyclic N) is 1. The van der Waals surface area contributed by atoms with Gasteiger partial charge in [0.2, 0.25) is 0 Å². The lowest BCUT2D eigenvalue weighted by Gasteiger charge is -2.30. The minimum absolute atomic E-state index is 0.0245. The first kappa shape index (κ1) is 18.4. The van der Waals surface area contributed by atoms with Gasteiger partial charge < -0.3 is 19.5 Å². The van der Waals surface area contributed by atoms with E-state index in [2.05, 4.69) is 4.90 Å². The first-order valence-corrected chi connectivity index (χ1v) is 10.1. The lowest BCUT2D eigenvalue weighted by molar-refractivity contribution is 0.0817. The normalized spacial score (nSPS) is 26.1. The Kier molecular flexibility index (Phi) is 4.94. The molecule has 27 heavy (non-hydrogen) atoms. The molecule has 4 atom stereocenters.